The average Bonchev–Trinajstić information content (AvgIpc) is 2.78. The van der Waals surface area contributed by atoms with E-state index < -0.39 is 0 Å². The van der Waals surface area contributed by atoms with Crippen LogP contribution in [0, 0.1) is 0 Å². The molecule has 0 saturated carbocycles. The smallest absolute Gasteiger partial charge is 0.0379 e. The van der Waals surface area contributed by atoms with Crippen molar-refractivity contribution in [3.8, 4) is 0 Å². The fraction of sp³-hybridized carbons (Fsp3) is 0.647. The van der Waals surface area contributed by atoms with Crippen molar-refractivity contribution in [2.24, 2.45) is 0 Å². The minimum Gasteiger partial charge on any atom is -0.295 e. The minimum atomic E-state index is 0.581. The number of hydrogen-bond acceptors (Lipinski definition) is 1. The second-order valence-electron chi connectivity index (χ2n) is 6.08. The summed E-state index contributed by atoms with van der Waals surface area (Å²) in [6.07, 6.45) is 9.22. The van der Waals surface area contributed by atoms with Crippen LogP contribution in [-0.4, -0.2) is 23.4 Å². The lowest BCUT2D eigenvalue weighted by molar-refractivity contribution is 0.207. The van der Waals surface area contributed by atoms with Crippen LogP contribution in [0.5, 0.6) is 0 Å². The molecular formula is C17H24ClN. The Labute approximate surface area is 121 Å². The molecule has 19 heavy (non-hydrogen) atoms. The van der Waals surface area contributed by atoms with Crippen LogP contribution in [0.4, 0.5) is 0 Å². The van der Waals surface area contributed by atoms with Gasteiger partial charge in [-0.2, -0.15) is 0 Å². The molecule has 1 aliphatic carbocycles. The topological polar surface area (TPSA) is 3.24 Å². The number of halogens is 1. The molecule has 1 fully saturated rings. The Hall–Kier alpha value is -0.530. The molecule has 2 heteroatoms. The zero-order chi connectivity index (χ0) is 13.1. The molecule has 1 aliphatic heterocycles. The number of fused-ring (bicyclic) bond motifs is 1. The first-order valence-corrected chi connectivity index (χ1v) is 8.31. The van der Waals surface area contributed by atoms with Gasteiger partial charge in [-0.3, -0.25) is 4.90 Å². The molecule has 1 atom stereocenters. The number of hydrogen-bond donors (Lipinski definition) is 0. The summed E-state index contributed by atoms with van der Waals surface area (Å²) in [6.45, 7) is 2.30. The minimum absolute atomic E-state index is 0.581. The normalized spacial score (nSPS) is 24.2. The standard InChI is InChI=1S/C17H24ClN/c18-12-17-7-2-1-3-10-19(17)13-14-8-9-15-5-4-6-16(15)11-14/h8-9,11,17H,1-7,10,12-13H2. The third kappa shape index (κ3) is 3.14. The predicted octanol–water partition coefficient (Wildman–Crippen LogP) is 4.16. The molecule has 0 radical (unpaired) electrons. The summed E-state index contributed by atoms with van der Waals surface area (Å²) in [5.74, 6) is 0.783. The number of aryl methyl sites for hydroxylation is 2. The molecule has 0 N–H and O–H groups in total. The van der Waals surface area contributed by atoms with Gasteiger partial charge in [0, 0.05) is 18.5 Å². The van der Waals surface area contributed by atoms with Gasteiger partial charge in [0.15, 0.2) is 0 Å². The molecule has 0 aromatic heterocycles. The molecule has 0 bridgehead atoms. The Morgan fingerprint density at radius 3 is 2.84 bits per heavy atom. The lowest BCUT2D eigenvalue weighted by Crippen LogP contribution is -2.35. The van der Waals surface area contributed by atoms with Crippen molar-refractivity contribution in [2.45, 2.75) is 57.5 Å². The third-order valence-corrected chi connectivity index (χ3v) is 5.08. The van der Waals surface area contributed by atoms with Gasteiger partial charge in [0.1, 0.15) is 0 Å². The summed E-state index contributed by atoms with van der Waals surface area (Å²) in [5.41, 5.74) is 4.65. The first kappa shape index (κ1) is 13.5. The van der Waals surface area contributed by atoms with Gasteiger partial charge in [-0.15, -0.1) is 11.6 Å². The van der Waals surface area contributed by atoms with Crippen LogP contribution in [0.1, 0.15) is 48.8 Å². The van der Waals surface area contributed by atoms with Crippen molar-refractivity contribution < 1.29 is 0 Å². The molecule has 104 valence electrons. The summed E-state index contributed by atoms with van der Waals surface area (Å²) in [5, 5.41) is 0. The summed E-state index contributed by atoms with van der Waals surface area (Å²) in [6, 6.07) is 7.71. The van der Waals surface area contributed by atoms with Crippen LogP contribution < -0.4 is 0 Å². The van der Waals surface area contributed by atoms with E-state index in [0.29, 0.717) is 6.04 Å². The number of benzene rings is 1. The van der Waals surface area contributed by atoms with Crippen LogP contribution in [0.15, 0.2) is 18.2 Å². The molecule has 3 rings (SSSR count). The Morgan fingerprint density at radius 2 is 1.95 bits per heavy atom. The van der Waals surface area contributed by atoms with Gasteiger partial charge < -0.3 is 0 Å². The van der Waals surface area contributed by atoms with Crippen LogP contribution >= 0.6 is 11.6 Å². The molecule has 1 aromatic rings. The van der Waals surface area contributed by atoms with Gasteiger partial charge in [0.2, 0.25) is 0 Å². The van der Waals surface area contributed by atoms with E-state index in [2.05, 4.69) is 23.1 Å². The molecule has 2 aliphatic rings. The van der Waals surface area contributed by atoms with E-state index in [1.165, 1.54) is 57.1 Å². The van der Waals surface area contributed by atoms with E-state index in [0.717, 1.165) is 12.4 Å². The highest BCUT2D eigenvalue weighted by molar-refractivity contribution is 6.18. The van der Waals surface area contributed by atoms with Gasteiger partial charge in [0.05, 0.1) is 0 Å². The number of alkyl halides is 1. The van der Waals surface area contributed by atoms with E-state index in [1.807, 2.05) is 0 Å². The maximum atomic E-state index is 6.17. The van der Waals surface area contributed by atoms with E-state index >= 15 is 0 Å². The molecular weight excluding hydrogens is 254 g/mol. The van der Waals surface area contributed by atoms with Gasteiger partial charge in [-0.25, -0.2) is 0 Å². The predicted molar refractivity (Wildman–Crippen MR) is 81.9 cm³/mol. The quantitative estimate of drug-likeness (QED) is 0.750. The van der Waals surface area contributed by atoms with E-state index in [9.17, 15) is 0 Å². The van der Waals surface area contributed by atoms with Crippen molar-refractivity contribution in [1.29, 1.82) is 0 Å². The lowest BCUT2D eigenvalue weighted by Gasteiger charge is -2.28. The van der Waals surface area contributed by atoms with Crippen molar-refractivity contribution in [1.82, 2.24) is 4.90 Å². The SMILES string of the molecule is ClCC1CCCCCN1Cc1ccc2c(c1)CCC2. The molecule has 0 amide bonds. The van der Waals surface area contributed by atoms with Crippen molar-refractivity contribution in [3.63, 3.8) is 0 Å². The highest BCUT2D eigenvalue weighted by Gasteiger charge is 2.20. The van der Waals surface area contributed by atoms with Crippen molar-refractivity contribution >= 4 is 11.6 Å². The Kier molecular flexibility index (Phi) is 4.45. The number of likely N-dealkylation sites (tertiary alicyclic amines) is 1. The zero-order valence-corrected chi connectivity index (χ0v) is 12.5. The first-order chi connectivity index (χ1) is 9.36. The van der Waals surface area contributed by atoms with Gasteiger partial charge in [-0.1, -0.05) is 31.0 Å². The Bertz CT molecular complexity index is 429. The Balaban J connectivity index is 1.72. The van der Waals surface area contributed by atoms with E-state index in [1.54, 1.807) is 11.1 Å². The third-order valence-electron chi connectivity index (χ3n) is 4.73. The maximum Gasteiger partial charge on any atom is 0.0379 e. The first-order valence-electron chi connectivity index (χ1n) is 7.77. The van der Waals surface area contributed by atoms with Crippen LogP contribution in [0.2, 0.25) is 0 Å². The zero-order valence-electron chi connectivity index (χ0n) is 11.7. The largest absolute Gasteiger partial charge is 0.295 e. The number of rotatable bonds is 3. The second kappa shape index (κ2) is 6.28. The van der Waals surface area contributed by atoms with Crippen molar-refractivity contribution in [2.75, 3.05) is 12.4 Å². The van der Waals surface area contributed by atoms with Gasteiger partial charge in [-0.05, 0) is 55.3 Å². The average molecular weight is 278 g/mol. The lowest BCUT2D eigenvalue weighted by atomic mass is 10.1. The van der Waals surface area contributed by atoms with E-state index in [4.69, 9.17) is 11.6 Å². The number of nitrogens with zero attached hydrogens (tertiary/aromatic N) is 1. The fourth-order valence-electron chi connectivity index (χ4n) is 3.58. The fourth-order valence-corrected chi connectivity index (χ4v) is 3.93. The molecule has 1 saturated heterocycles. The van der Waals surface area contributed by atoms with Crippen molar-refractivity contribution in [3.05, 3.63) is 34.9 Å². The highest BCUT2D eigenvalue weighted by atomic mass is 35.5. The second-order valence-corrected chi connectivity index (χ2v) is 6.39. The van der Waals surface area contributed by atoms with Crippen LogP contribution in [0.25, 0.3) is 0 Å². The van der Waals surface area contributed by atoms with E-state index in [-0.39, 0.29) is 0 Å². The van der Waals surface area contributed by atoms with Gasteiger partial charge >= 0.3 is 0 Å². The highest BCUT2D eigenvalue weighted by Crippen LogP contribution is 2.25. The molecule has 1 heterocycles. The van der Waals surface area contributed by atoms with Gasteiger partial charge in [0.25, 0.3) is 0 Å². The molecule has 1 unspecified atom stereocenters. The van der Waals surface area contributed by atoms with Crippen LogP contribution in [0.3, 0.4) is 0 Å². The Morgan fingerprint density at radius 1 is 1.05 bits per heavy atom. The monoisotopic (exact) mass is 277 g/mol. The summed E-state index contributed by atoms with van der Waals surface area (Å²) < 4.78 is 0. The molecule has 0 spiro atoms. The summed E-state index contributed by atoms with van der Waals surface area (Å²) in [7, 11) is 0. The summed E-state index contributed by atoms with van der Waals surface area (Å²) in [4.78, 5) is 2.61. The maximum absolute atomic E-state index is 6.17. The summed E-state index contributed by atoms with van der Waals surface area (Å²) >= 11 is 6.17. The van der Waals surface area contributed by atoms with Crippen LogP contribution in [-0.2, 0) is 19.4 Å². The molecule has 1 aromatic carbocycles. The molecule has 1 nitrogen and oxygen atoms in total.